The summed E-state index contributed by atoms with van der Waals surface area (Å²) in [6, 6.07) is 0. The summed E-state index contributed by atoms with van der Waals surface area (Å²) in [5.74, 6) is 0.342. The number of allylic oxidation sites excluding steroid dienone is 1. The van der Waals surface area contributed by atoms with E-state index in [9.17, 15) is 5.11 Å². The van der Waals surface area contributed by atoms with Crippen molar-refractivity contribution in [3.8, 4) is 0 Å². The molecule has 24 heavy (non-hydrogen) atoms. The zero-order valence-electron chi connectivity index (χ0n) is 17.7. The van der Waals surface area contributed by atoms with Crippen molar-refractivity contribution in [1.82, 2.24) is 0 Å². The molecule has 0 bridgehead atoms. The summed E-state index contributed by atoms with van der Waals surface area (Å²) in [6.07, 6.45) is 14.2. The summed E-state index contributed by atoms with van der Waals surface area (Å²) < 4.78 is 6.35. The number of hydrogen-bond donors (Lipinski definition) is 1. The molecule has 0 amide bonds. The molecule has 1 N–H and O–H groups in total. The van der Waals surface area contributed by atoms with Crippen molar-refractivity contribution in [3.63, 3.8) is 0 Å². The molecule has 0 radical (unpaired) electrons. The van der Waals surface area contributed by atoms with Crippen LogP contribution in [-0.4, -0.2) is 29.6 Å². The van der Waals surface area contributed by atoms with Crippen LogP contribution in [0.4, 0.5) is 0 Å². The predicted octanol–water partition coefficient (Wildman–Crippen LogP) is 7.51. The SMILES string of the molecule is CCCC/[C](=C/C(O)C(C)C)[Sn]([CH2]CCC)([CH2]CCC)[CH2]CCC. The fourth-order valence-corrected chi connectivity index (χ4v) is 20.9. The molecule has 0 aromatic rings. The van der Waals surface area contributed by atoms with Crippen LogP contribution in [-0.2, 0) is 0 Å². The Morgan fingerprint density at radius 1 is 0.792 bits per heavy atom. The average Bonchev–Trinajstić information content (AvgIpc) is 2.58. The van der Waals surface area contributed by atoms with Gasteiger partial charge in [-0.1, -0.05) is 0 Å². The Balaban J connectivity index is 5.67. The van der Waals surface area contributed by atoms with Gasteiger partial charge in [0.25, 0.3) is 0 Å². The summed E-state index contributed by atoms with van der Waals surface area (Å²) in [5.41, 5.74) is 0. The van der Waals surface area contributed by atoms with E-state index in [1.54, 1.807) is 3.59 Å². The monoisotopic (exact) mass is 446 g/mol. The van der Waals surface area contributed by atoms with Crippen LogP contribution in [0.25, 0.3) is 0 Å². The topological polar surface area (TPSA) is 20.2 Å². The molecular formula is C22H46OSn. The fourth-order valence-electron chi connectivity index (χ4n) is 3.69. The van der Waals surface area contributed by atoms with E-state index in [0.29, 0.717) is 5.92 Å². The maximum atomic E-state index is 10.6. The van der Waals surface area contributed by atoms with Crippen molar-refractivity contribution < 1.29 is 5.11 Å². The van der Waals surface area contributed by atoms with Crippen LogP contribution in [0.5, 0.6) is 0 Å². The summed E-state index contributed by atoms with van der Waals surface area (Å²) >= 11 is -2.34. The molecule has 0 aliphatic carbocycles. The number of aliphatic hydroxyl groups is 1. The third-order valence-electron chi connectivity index (χ3n) is 5.56. The molecular weight excluding hydrogens is 399 g/mol. The summed E-state index contributed by atoms with van der Waals surface area (Å²) in [5, 5.41) is 10.6. The van der Waals surface area contributed by atoms with E-state index in [0.717, 1.165) is 0 Å². The number of hydrogen-bond acceptors (Lipinski definition) is 1. The van der Waals surface area contributed by atoms with Crippen LogP contribution < -0.4 is 0 Å². The molecule has 0 rings (SSSR count). The Morgan fingerprint density at radius 2 is 1.21 bits per heavy atom. The number of rotatable bonds is 15. The van der Waals surface area contributed by atoms with Crippen molar-refractivity contribution in [2.45, 2.75) is 119 Å². The molecule has 0 aromatic carbocycles. The van der Waals surface area contributed by atoms with Gasteiger partial charge < -0.3 is 0 Å². The van der Waals surface area contributed by atoms with E-state index >= 15 is 0 Å². The molecule has 0 saturated carbocycles. The summed E-state index contributed by atoms with van der Waals surface area (Å²) in [4.78, 5) is 0. The van der Waals surface area contributed by atoms with Gasteiger partial charge in [-0.05, 0) is 0 Å². The first kappa shape index (κ1) is 24.5. The Hall–Kier alpha value is 0.499. The van der Waals surface area contributed by atoms with E-state index in [1.165, 1.54) is 71.1 Å². The first-order chi connectivity index (χ1) is 11.5. The van der Waals surface area contributed by atoms with Crippen LogP contribution >= 0.6 is 0 Å². The standard InChI is InChI=1S/C10H19O.3C4H9.Sn/c1-4-5-6-7-8-10(11)9(2)3;3*1-3-4-2;/h8-11H,4-6H2,1-3H3;3*1,3-4H2,2H3;. The van der Waals surface area contributed by atoms with Gasteiger partial charge in [-0.2, -0.15) is 0 Å². The normalized spacial score (nSPS) is 14.4. The molecule has 0 aliphatic heterocycles. The van der Waals surface area contributed by atoms with Crippen LogP contribution in [0.2, 0.25) is 13.3 Å². The molecule has 0 aliphatic rings. The second kappa shape index (κ2) is 14.6. The molecule has 0 heterocycles. The maximum absolute atomic E-state index is 10.6. The van der Waals surface area contributed by atoms with Gasteiger partial charge in [0.15, 0.2) is 0 Å². The zero-order valence-corrected chi connectivity index (χ0v) is 20.5. The van der Waals surface area contributed by atoms with Crippen molar-refractivity contribution in [1.29, 1.82) is 0 Å². The Bertz CT molecular complexity index is 300. The van der Waals surface area contributed by atoms with Crippen LogP contribution in [0.3, 0.4) is 0 Å². The molecule has 1 nitrogen and oxygen atoms in total. The van der Waals surface area contributed by atoms with Crippen LogP contribution in [0, 0.1) is 5.92 Å². The second-order valence-corrected chi connectivity index (χ2v) is 21.5. The van der Waals surface area contributed by atoms with Crippen molar-refractivity contribution in [3.05, 3.63) is 9.67 Å². The van der Waals surface area contributed by atoms with Gasteiger partial charge in [-0.25, -0.2) is 0 Å². The van der Waals surface area contributed by atoms with E-state index in [-0.39, 0.29) is 6.10 Å². The number of unbranched alkanes of at least 4 members (excludes halogenated alkanes) is 4. The first-order valence-corrected chi connectivity index (χ1v) is 18.3. The molecule has 2 heteroatoms. The molecule has 0 saturated heterocycles. The summed E-state index contributed by atoms with van der Waals surface area (Å²) in [7, 11) is 0. The van der Waals surface area contributed by atoms with Crippen molar-refractivity contribution in [2.75, 3.05) is 0 Å². The third-order valence-corrected chi connectivity index (χ3v) is 21.9. The molecule has 1 unspecified atom stereocenters. The van der Waals surface area contributed by atoms with Crippen LogP contribution in [0.1, 0.15) is 99.3 Å². The molecule has 0 spiro atoms. The Labute approximate surface area is 157 Å². The molecule has 144 valence electrons. The fraction of sp³-hybridized carbons (Fsp3) is 0.909. The predicted molar refractivity (Wildman–Crippen MR) is 113 cm³/mol. The van der Waals surface area contributed by atoms with Gasteiger partial charge >= 0.3 is 158 Å². The minimum absolute atomic E-state index is 0.238. The van der Waals surface area contributed by atoms with E-state index < -0.39 is 18.4 Å². The van der Waals surface area contributed by atoms with E-state index in [1.807, 2.05) is 0 Å². The molecule has 0 aromatic heterocycles. The zero-order chi connectivity index (χ0) is 18.4. The van der Waals surface area contributed by atoms with Gasteiger partial charge in [0, 0.05) is 0 Å². The van der Waals surface area contributed by atoms with Gasteiger partial charge in [0.2, 0.25) is 0 Å². The van der Waals surface area contributed by atoms with Crippen molar-refractivity contribution in [2.24, 2.45) is 5.92 Å². The molecule has 0 fully saturated rings. The van der Waals surface area contributed by atoms with E-state index in [2.05, 4.69) is 47.6 Å². The van der Waals surface area contributed by atoms with Crippen molar-refractivity contribution >= 4 is 18.4 Å². The minimum atomic E-state index is -2.34. The average molecular weight is 445 g/mol. The van der Waals surface area contributed by atoms with E-state index in [4.69, 9.17) is 0 Å². The summed E-state index contributed by atoms with van der Waals surface area (Å²) in [6.45, 7) is 13.6. The van der Waals surface area contributed by atoms with Gasteiger partial charge in [0.1, 0.15) is 0 Å². The van der Waals surface area contributed by atoms with Gasteiger partial charge in [0.05, 0.1) is 0 Å². The van der Waals surface area contributed by atoms with Crippen LogP contribution in [0.15, 0.2) is 9.67 Å². The Kier molecular flexibility index (Phi) is 14.9. The Morgan fingerprint density at radius 3 is 1.54 bits per heavy atom. The third kappa shape index (κ3) is 9.27. The number of aliphatic hydroxyl groups excluding tert-OH is 1. The van der Waals surface area contributed by atoms with Gasteiger partial charge in [-0.15, -0.1) is 0 Å². The van der Waals surface area contributed by atoms with Gasteiger partial charge in [-0.3, -0.25) is 0 Å². The quantitative estimate of drug-likeness (QED) is 0.259. The molecule has 1 atom stereocenters. The first-order valence-electron chi connectivity index (χ1n) is 10.9. The second-order valence-electron chi connectivity index (χ2n) is 8.12.